The van der Waals surface area contributed by atoms with Gasteiger partial charge in [-0.15, -0.1) is 0 Å². The Bertz CT molecular complexity index is 2730. The van der Waals surface area contributed by atoms with E-state index in [1.807, 2.05) is 61.2 Å². The van der Waals surface area contributed by atoms with Crippen molar-refractivity contribution in [3.05, 3.63) is 102 Å². The Balaban J connectivity index is 0.966. The van der Waals surface area contributed by atoms with Gasteiger partial charge in [-0.05, 0) is 77.1 Å². The number of imidazole rings is 2. The van der Waals surface area contributed by atoms with Gasteiger partial charge >= 0.3 is 12.2 Å². The van der Waals surface area contributed by atoms with E-state index in [0.29, 0.717) is 49.9 Å². The maximum absolute atomic E-state index is 14.1. The quantitative estimate of drug-likeness (QED) is 0.102. The molecule has 4 amide bonds. The zero-order valence-corrected chi connectivity index (χ0v) is 36.5. The van der Waals surface area contributed by atoms with Crippen LogP contribution in [0.15, 0.2) is 79.0 Å². The van der Waals surface area contributed by atoms with Crippen molar-refractivity contribution in [3.63, 3.8) is 0 Å². The van der Waals surface area contributed by atoms with E-state index in [0.717, 1.165) is 68.3 Å². The zero-order valence-electron chi connectivity index (χ0n) is 36.5. The van der Waals surface area contributed by atoms with Gasteiger partial charge in [0.25, 0.3) is 5.91 Å². The van der Waals surface area contributed by atoms with Crippen molar-refractivity contribution in [2.24, 2.45) is 11.8 Å². The SMILES string of the molecule is COCC1CC(c2nc3c(ccc4cc5c(cc43)OCc3cc(-c4cnc(C6CCCN6C(=O)C(NC(=O)OC)c6ccccc6)[nH]4)ccc3-5)[nH]2)N(C(=O)C(NC(=O)OC)C(C)C)C1. The third kappa shape index (κ3) is 7.97. The molecular weight excluding hydrogens is 817 g/mol. The van der Waals surface area contributed by atoms with Crippen LogP contribution >= 0.6 is 0 Å². The molecule has 0 bridgehead atoms. The van der Waals surface area contributed by atoms with Crippen molar-refractivity contribution in [2.45, 2.75) is 63.9 Å². The summed E-state index contributed by atoms with van der Waals surface area (Å²) in [6, 6.07) is 21.4. The van der Waals surface area contributed by atoms with Crippen LogP contribution in [0.3, 0.4) is 0 Å². The average molecular weight is 869 g/mol. The van der Waals surface area contributed by atoms with Crippen LogP contribution in [0.1, 0.15) is 74.0 Å². The van der Waals surface area contributed by atoms with Gasteiger partial charge in [-0.25, -0.2) is 19.6 Å². The summed E-state index contributed by atoms with van der Waals surface area (Å²) < 4.78 is 21.6. The zero-order chi connectivity index (χ0) is 44.6. The Morgan fingerprint density at radius 2 is 1.66 bits per heavy atom. The normalized spacial score (nSPS) is 18.9. The van der Waals surface area contributed by atoms with Crippen LogP contribution < -0.4 is 15.4 Å². The molecule has 2 saturated heterocycles. The molecule has 2 fully saturated rings. The molecule has 5 heterocycles. The number of aromatic amines is 2. The van der Waals surface area contributed by atoms with E-state index in [1.54, 1.807) is 18.2 Å². The van der Waals surface area contributed by atoms with Crippen molar-refractivity contribution < 1.29 is 38.1 Å². The van der Waals surface area contributed by atoms with Crippen molar-refractivity contribution in [1.82, 2.24) is 40.4 Å². The maximum Gasteiger partial charge on any atom is 0.407 e. The Hall–Kier alpha value is -6.94. The second-order valence-corrected chi connectivity index (χ2v) is 17.1. The maximum atomic E-state index is 14.1. The van der Waals surface area contributed by atoms with Crippen LogP contribution in [-0.4, -0.2) is 101 Å². The molecule has 4 N–H and O–H groups in total. The average Bonchev–Trinajstić information content (AvgIpc) is 4.15. The van der Waals surface area contributed by atoms with Crippen LogP contribution in [0, 0.1) is 11.8 Å². The number of carbonyl (C=O) groups excluding carboxylic acids is 4. The standard InChI is InChI=1S/C48H52N8O8/c1-26(2)40(53-47(59)62-4)45(57)56-23-27(24-61-3)18-38(56)44-50-35-16-14-29-20-34-32-15-13-30(19-31(32)25-64-39(34)21-33(29)42(35)52-44)36-22-49-43(51-36)37-12-9-17-55(37)46(58)41(54-48(60)63-5)28-10-7-6-8-11-28/h6-8,10-11,13-16,19-22,26-27,37-38,40-41H,9,12,17-18,23-25H2,1-5H3,(H,49,51)(H,50,52)(H,53,59)(H,54,60). The van der Waals surface area contributed by atoms with Crippen LogP contribution in [0.4, 0.5) is 9.59 Å². The van der Waals surface area contributed by atoms with E-state index in [2.05, 4.69) is 50.9 Å². The summed E-state index contributed by atoms with van der Waals surface area (Å²) in [6.45, 7) is 5.65. The molecule has 5 unspecified atom stereocenters. The fourth-order valence-electron chi connectivity index (χ4n) is 9.53. The van der Waals surface area contributed by atoms with Crippen molar-refractivity contribution in [2.75, 3.05) is 41.0 Å². The lowest BCUT2D eigenvalue weighted by Gasteiger charge is -2.30. The molecule has 64 heavy (non-hydrogen) atoms. The van der Waals surface area contributed by atoms with E-state index < -0.39 is 24.3 Å². The number of H-pyrrole nitrogens is 2. The van der Waals surface area contributed by atoms with E-state index >= 15 is 0 Å². The van der Waals surface area contributed by atoms with E-state index in [4.69, 9.17) is 28.9 Å². The molecule has 2 aromatic heterocycles. The third-order valence-corrected chi connectivity index (χ3v) is 12.7. The van der Waals surface area contributed by atoms with E-state index in [9.17, 15) is 19.2 Å². The highest BCUT2D eigenvalue weighted by Crippen LogP contribution is 2.44. The van der Waals surface area contributed by atoms with Gasteiger partial charge in [0.2, 0.25) is 5.91 Å². The molecule has 0 saturated carbocycles. The molecule has 3 aliphatic heterocycles. The first-order chi connectivity index (χ1) is 31.0. The summed E-state index contributed by atoms with van der Waals surface area (Å²) in [4.78, 5) is 73.1. The minimum Gasteiger partial charge on any atom is -0.488 e. The minimum absolute atomic E-state index is 0.0935. The number of rotatable bonds is 11. The van der Waals surface area contributed by atoms with Crippen molar-refractivity contribution in [3.8, 4) is 28.1 Å². The van der Waals surface area contributed by atoms with E-state index in [1.165, 1.54) is 14.2 Å². The van der Waals surface area contributed by atoms with Crippen LogP contribution in [-0.2, 0) is 30.4 Å². The number of hydrogen-bond acceptors (Lipinski definition) is 10. The summed E-state index contributed by atoms with van der Waals surface area (Å²) in [5.74, 6) is 1.62. The molecule has 332 valence electrons. The molecule has 16 nitrogen and oxygen atoms in total. The Morgan fingerprint density at radius 3 is 2.42 bits per heavy atom. The van der Waals surface area contributed by atoms with Gasteiger partial charge in [0.15, 0.2) is 0 Å². The van der Waals surface area contributed by atoms with Gasteiger partial charge in [0, 0.05) is 37.1 Å². The number of amides is 4. The number of nitrogens with zero attached hydrogens (tertiary/aromatic N) is 4. The molecule has 3 aliphatic rings. The second-order valence-electron chi connectivity index (χ2n) is 17.1. The van der Waals surface area contributed by atoms with Gasteiger partial charge in [0.05, 0.1) is 55.8 Å². The fraction of sp³-hybridized carbons (Fsp3) is 0.375. The molecular formula is C48H52N8O8. The Kier molecular flexibility index (Phi) is 11.7. The molecule has 16 heteroatoms. The first-order valence-electron chi connectivity index (χ1n) is 21.7. The summed E-state index contributed by atoms with van der Waals surface area (Å²) in [5, 5.41) is 7.37. The Labute approximate surface area is 370 Å². The third-order valence-electron chi connectivity index (χ3n) is 12.7. The molecule has 0 spiro atoms. The lowest BCUT2D eigenvalue weighted by molar-refractivity contribution is -0.136. The van der Waals surface area contributed by atoms with Crippen LogP contribution in [0.25, 0.3) is 44.2 Å². The van der Waals surface area contributed by atoms with Gasteiger partial charge in [0.1, 0.15) is 36.1 Å². The first-order valence-corrected chi connectivity index (χ1v) is 21.7. The summed E-state index contributed by atoms with van der Waals surface area (Å²) in [6.07, 6.45) is 2.66. The second kappa shape index (κ2) is 17.7. The highest BCUT2D eigenvalue weighted by Gasteiger charge is 2.42. The number of ether oxygens (including phenoxy) is 4. The monoisotopic (exact) mass is 868 g/mol. The summed E-state index contributed by atoms with van der Waals surface area (Å²) in [5.41, 5.74) is 7.12. The minimum atomic E-state index is -0.900. The highest BCUT2D eigenvalue weighted by atomic mass is 16.5. The number of fused-ring (bicyclic) bond motifs is 6. The molecule has 5 atom stereocenters. The number of aromatic nitrogens is 4. The number of carbonyl (C=O) groups is 4. The van der Waals surface area contributed by atoms with Gasteiger partial charge in [-0.1, -0.05) is 62.4 Å². The Morgan fingerprint density at radius 1 is 0.859 bits per heavy atom. The number of alkyl carbamates (subject to hydrolysis) is 2. The predicted octanol–water partition coefficient (Wildman–Crippen LogP) is 7.34. The van der Waals surface area contributed by atoms with Crippen LogP contribution in [0.2, 0.25) is 0 Å². The molecule has 0 radical (unpaired) electrons. The molecule has 4 aromatic carbocycles. The largest absolute Gasteiger partial charge is 0.488 e. The lowest BCUT2D eigenvalue weighted by Crippen LogP contribution is -2.51. The number of methoxy groups -OCH3 is 3. The number of nitrogens with one attached hydrogen (secondary N) is 4. The molecule has 6 aromatic rings. The summed E-state index contributed by atoms with van der Waals surface area (Å²) in [7, 11) is 4.22. The van der Waals surface area contributed by atoms with Crippen molar-refractivity contribution in [1.29, 1.82) is 0 Å². The topological polar surface area (TPSA) is 193 Å². The highest BCUT2D eigenvalue weighted by molar-refractivity contribution is 6.07. The predicted molar refractivity (Wildman–Crippen MR) is 238 cm³/mol. The van der Waals surface area contributed by atoms with Gasteiger partial charge < -0.3 is 49.3 Å². The number of likely N-dealkylation sites (tertiary alicyclic amines) is 2. The smallest absolute Gasteiger partial charge is 0.407 e. The number of benzene rings is 4. The number of hydrogen-bond donors (Lipinski definition) is 4. The fourth-order valence-corrected chi connectivity index (χ4v) is 9.53. The molecule has 0 aliphatic carbocycles. The first kappa shape index (κ1) is 42.4. The van der Waals surface area contributed by atoms with Crippen LogP contribution in [0.5, 0.6) is 5.75 Å². The van der Waals surface area contributed by atoms with E-state index in [-0.39, 0.29) is 35.7 Å². The van der Waals surface area contributed by atoms with Gasteiger partial charge in [-0.3, -0.25) is 9.59 Å². The summed E-state index contributed by atoms with van der Waals surface area (Å²) >= 11 is 0. The van der Waals surface area contributed by atoms with Crippen molar-refractivity contribution >= 4 is 45.8 Å². The lowest BCUT2D eigenvalue weighted by atomic mass is 9.92. The van der Waals surface area contributed by atoms with Gasteiger partial charge in [-0.2, -0.15) is 0 Å². The molecule has 9 rings (SSSR count).